The highest BCUT2D eigenvalue weighted by Crippen LogP contribution is 2.26. The van der Waals surface area contributed by atoms with Crippen LogP contribution >= 0.6 is 0 Å². The minimum absolute atomic E-state index is 0.112. The molecule has 18 heavy (non-hydrogen) atoms. The summed E-state index contributed by atoms with van der Waals surface area (Å²) in [6.45, 7) is 1.56. The van der Waals surface area contributed by atoms with Crippen molar-refractivity contribution >= 4 is 12.0 Å². The van der Waals surface area contributed by atoms with Crippen LogP contribution in [-0.2, 0) is 4.79 Å². The zero-order chi connectivity index (χ0) is 13.5. The fraction of sp³-hybridized carbons (Fsp3) is 0.833. The van der Waals surface area contributed by atoms with E-state index in [1.807, 2.05) is 0 Å². The molecule has 1 saturated carbocycles. The van der Waals surface area contributed by atoms with E-state index in [1.165, 1.54) is 6.42 Å². The maximum absolute atomic E-state index is 11.5. The molecule has 6 heteroatoms. The highest BCUT2D eigenvalue weighted by atomic mass is 16.4. The smallest absolute Gasteiger partial charge is 0.328 e. The zero-order valence-corrected chi connectivity index (χ0v) is 10.7. The summed E-state index contributed by atoms with van der Waals surface area (Å²) in [6.07, 6.45) is 5.24. The molecule has 4 N–H and O–H groups in total. The molecule has 1 aliphatic rings. The normalized spacial score (nSPS) is 25.2. The van der Waals surface area contributed by atoms with Crippen LogP contribution in [0.3, 0.4) is 0 Å². The van der Waals surface area contributed by atoms with Crippen molar-refractivity contribution < 1.29 is 19.8 Å². The van der Waals surface area contributed by atoms with Gasteiger partial charge in [-0.25, -0.2) is 9.59 Å². The fourth-order valence-corrected chi connectivity index (χ4v) is 2.29. The molecule has 1 rings (SSSR count). The largest absolute Gasteiger partial charge is 0.480 e. The van der Waals surface area contributed by atoms with Gasteiger partial charge in [0, 0.05) is 6.04 Å². The number of carboxylic acid groups (broad SMARTS) is 1. The third-order valence-corrected chi connectivity index (χ3v) is 3.55. The molecule has 0 radical (unpaired) electrons. The maximum atomic E-state index is 11.5. The highest BCUT2D eigenvalue weighted by molar-refractivity contribution is 5.82. The number of hydrogen-bond acceptors (Lipinski definition) is 3. The van der Waals surface area contributed by atoms with Crippen LogP contribution < -0.4 is 10.6 Å². The molecule has 0 unspecified atom stereocenters. The van der Waals surface area contributed by atoms with Crippen molar-refractivity contribution in [2.45, 2.75) is 51.1 Å². The van der Waals surface area contributed by atoms with E-state index in [1.54, 1.807) is 0 Å². The maximum Gasteiger partial charge on any atom is 0.328 e. The molecular weight excluding hydrogens is 236 g/mol. The van der Waals surface area contributed by atoms with E-state index in [-0.39, 0.29) is 6.04 Å². The number of urea groups is 1. The summed E-state index contributed by atoms with van der Waals surface area (Å²) in [5.41, 5.74) is 0. The van der Waals surface area contributed by atoms with Crippen LogP contribution in [-0.4, -0.2) is 40.9 Å². The van der Waals surface area contributed by atoms with Crippen molar-refractivity contribution in [1.29, 1.82) is 0 Å². The topological polar surface area (TPSA) is 98.7 Å². The number of aliphatic carboxylic acids is 1. The third-order valence-electron chi connectivity index (χ3n) is 3.55. The van der Waals surface area contributed by atoms with Gasteiger partial charge >= 0.3 is 12.0 Å². The lowest BCUT2D eigenvalue weighted by molar-refractivity contribution is -0.140. The molecule has 1 aliphatic carbocycles. The number of hydrogen-bond donors (Lipinski definition) is 4. The van der Waals surface area contributed by atoms with Gasteiger partial charge in [0.15, 0.2) is 6.04 Å². The van der Waals surface area contributed by atoms with Crippen molar-refractivity contribution in [3.05, 3.63) is 0 Å². The minimum atomic E-state index is -1.24. The summed E-state index contributed by atoms with van der Waals surface area (Å²) < 4.78 is 0. The van der Waals surface area contributed by atoms with Gasteiger partial charge in [-0.3, -0.25) is 0 Å². The summed E-state index contributed by atoms with van der Waals surface area (Å²) in [7, 11) is 0. The summed E-state index contributed by atoms with van der Waals surface area (Å²) in [4.78, 5) is 22.2. The van der Waals surface area contributed by atoms with Gasteiger partial charge in [-0.05, 0) is 31.6 Å². The lowest BCUT2D eigenvalue weighted by atomic mass is 9.85. The molecule has 0 aromatic rings. The van der Waals surface area contributed by atoms with Gasteiger partial charge in [0.2, 0.25) is 0 Å². The number of aliphatic hydroxyl groups excluding tert-OH is 1. The van der Waals surface area contributed by atoms with E-state index < -0.39 is 24.6 Å². The van der Waals surface area contributed by atoms with Crippen molar-refractivity contribution in [2.24, 2.45) is 5.92 Å². The molecule has 0 aromatic heterocycles. The Kier molecular flexibility index (Phi) is 5.91. The molecule has 1 atom stereocenters. The Morgan fingerprint density at radius 1 is 1.28 bits per heavy atom. The second-order valence-corrected chi connectivity index (χ2v) is 4.82. The van der Waals surface area contributed by atoms with Gasteiger partial charge in [0.25, 0.3) is 0 Å². The Hall–Kier alpha value is -1.30. The molecule has 1 fully saturated rings. The zero-order valence-electron chi connectivity index (χ0n) is 10.7. The Balaban J connectivity index is 2.30. The molecule has 0 heterocycles. The Morgan fingerprint density at radius 2 is 1.89 bits per heavy atom. The Bertz CT molecular complexity index is 288. The first kappa shape index (κ1) is 14.8. The molecular formula is C12H22N2O4. The van der Waals surface area contributed by atoms with Crippen LogP contribution in [0.4, 0.5) is 4.79 Å². The van der Waals surface area contributed by atoms with Crippen molar-refractivity contribution in [2.75, 3.05) is 6.61 Å². The number of carbonyl (C=O) groups is 2. The van der Waals surface area contributed by atoms with Crippen molar-refractivity contribution in [1.82, 2.24) is 10.6 Å². The minimum Gasteiger partial charge on any atom is -0.480 e. The highest BCUT2D eigenvalue weighted by Gasteiger charge is 2.23. The van der Waals surface area contributed by atoms with E-state index in [0.717, 1.165) is 31.6 Å². The number of carbonyl (C=O) groups excluding carboxylic acids is 1. The van der Waals surface area contributed by atoms with Crippen LogP contribution in [0.25, 0.3) is 0 Å². The number of nitrogens with one attached hydrogen (secondary N) is 2. The first-order valence-electron chi connectivity index (χ1n) is 6.47. The SMILES string of the molecule is CCC1CCC(NC(=O)N[C@@H](CO)C(=O)O)CC1. The molecule has 104 valence electrons. The Morgan fingerprint density at radius 3 is 2.33 bits per heavy atom. The van der Waals surface area contributed by atoms with Gasteiger partial charge in [0.05, 0.1) is 6.61 Å². The first-order valence-corrected chi connectivity index (χ1v) is 6.47. The lowest BCUT2D eigenvalue weighted by Crippen LogP contribution is -2.51. The van der Waals surface area contributed by atoms with E-state index in [9.17, 15) is 9.59 Å². The number of amides is 2. The molecule has 0 spiro atoms. The van der Waals surface area contributed by atoms with Gasteiger partial charge in [-0.15, -0.1) is 0 Å². The first-order chi connectivity index (χ1) is 8.56. The van der Waals surface area contributed by atoms with E-state index in [4.69, 9.17) is 10.2 Å². The van der Waals surface area contributed by atoms with Gasteiger partial charge in [-0.1, -0.05) is 13.3 Å². The van der Waals surface area contributed by atoms with Gasteiger partial charge in [-0.2, -0.15) is 0 Å². The van der Waals surface area contributed by atoms with Gasteiger partial charge in [0.1, 0.15) is 0 Å². The van der Waals surface area contributed by atoms with Crippen LogP contribution in [0.5, 0.6) is 0 Å². The third kappa shape index (κ3) is 4.52. The van der Waals surface area contributed by atoms with Crippen LogP contribution in [0.2, 0.25) is 0 Å². The van der Waals surface area contributed by atoms with Crippen molar-refractivity contribution in [3.8, 4) is 0 Å². The summed E-state index contributed by atoms with van der Waals surface area (Å²) in [5, 5.41) is 22.5. The standard InChI is InChI=1S/C12H22N2O4/c1-2-8-3-5-9(6-4-8)13-12(18)14-10(7-15)11(16)17/h8-10,15H,2-7H2,1H3,(H,16,17)(H2,13,14,18)/t8?,9?,10-/m0/s1. The number of rotatable bonds is 5. The number of aliphatic hydroxyl groups is 1. The second kappa shape index (κ2) is 7.20. The average molecular weight is 258 g/mol. The predicted molar refractivity (Wildman–Crippen MR) is 66.2 cm³/mol. The summed E-state index contributed by atoms with van der Waals surface area (Å²) in [5.74, 6) is -0.488. The van der Waals surface area contributed by atoms with Crippen molar-refractivity contribution in [3.63, 3.8) is 0 Å². The van der Waals surface area contributed by atoms with Gasteiger partial charge < -0.3 is 20.8 Å². The predicted octanol–water partition coefficient (Wildman–Crippen LogP) is 0.700. The Labute approximate surface area is 107 Å². The summed E-state index contributed by atoms with van der Waals surface area (Å²) >= 11 is 0. The van der Waals surface area contributed by atoms with Crippen LogP contribution in [0.15, 0.2) is 0 Å². The molecule has 2 amide bonds. The molecule has 6 nitrogen and oxygen atoms in total. The molecule has 0 saturated heterocycles. The average Bonchev–Trinajstić information content (AvgIpc) is 2.36. The van der Waals surface area contributed by atoms with E-state index in [0.29, 0.717) is 0 Å². The quantitative estimate of drug-likeness (QED) is 0.583. The second-order valence-electron chi connectivity index (χ2n) is 4.82. The fourth-order valence-electron chi connectivity index (χ4n) is 2.29. The molecule has 0 aromatic carbocycles. The molecule has 0 bridgehead atoms. The van der Waals surface area contributed by atoms with Crippen LogP contribution in [0.1, 0.15) is 39.0 Å². The van der Waals surface area contributed by atoms with E-state index in [2.05, 4.69) is 17.6 Å². The lowest BCUT2D eigenvalue weighted by Gasteiger charge is -2.28. The molecule has 0 aliphatic heterocycles. The van der Waals surface area contributed by atoms with Crippen LogP contribution in [0, 0.1) is 5.92 Å². The summed E-state index contributed by atoms with van der Waals surface area (Å²) in [6, 6.07) is -1.64. The number of carboxylic acids is 1. The monoisotopic (exact) mass is 258 g/mol. The van der Waals surface area contributed by atoms with E-state index >= 15 is 0 Å².